The Morgan fingerprint density at radius 3 is 2.24 bits per heavy atom. The third-order valence-electron chi connectivity index (χ3n) is 3.49. The minimum atomic E-state index is -0.338. The lowest BCUT2D eigenvalue weighted by Gasteiger charge is -2.37. The number of amides is 2. The van der Waals surface area contributed by atoms with E-state index in [0.717, 1.165) is 13.1 Å². The minimum absolute atomic E-state index is 0.00940. The molecule has 1 aliphatic rings. The van der Waals surface area contributed by atoms with E-state index in [1.54, 1.807) is 7.11 Å². The predicted octanol–water partition coefficient (Wildman–Crippen LogP) is 0.328. The summed E-state index contributed by atoms with van der Waals surface area (Å²) in [5.74, 6) is 0.190. The summed E-state index contributed by atoms with van der Waals surface area (Å²) in [4.78, 5) is 28.0. The molecule has 1 atom stereocenters. The fourth-order valence-electron chi connectivity index (χ4n) is 2.40. The van der Waals surface area contributed by atoms with Crippen LogP contribution in [0.4, 0.5) is 0 Å². The van der Waals surface area contributed by atoms with E-state index < -0.39 is 0 Å². The number of ether oxygens (including phenoxy) is 1. The van der Waals surface area contributed by atoms with Gasteiger partial charge in [-0.2, -0.15) is 0 Å². The van der Waals surface area contributed by atoms with Gasteiger partial charge in [0.1, 0.15) is 0 Å². The summed E-state index contributed by atoms with van der Waals surface area (Å²) >= 11 is 0. The quantitative estimate of drug-likeness (QED) is 0.794. The van der Waals surface area contributed by atoms with Crippen LogP contribution in [-0.2, 0) is 14.3 Å². The molecule has 1 rings (SSSR count). The first-order chi connectivity index (χ1) is 9.74. The number of rotatable bonds is 5. The zero-order valence-corrected chi connectivity index (χ0v) is 13.9. The van der Waals surface area contributed by atoms with Gasteiger partial charge in [-0.1, -0.05) is 20.8 Å². The molecule has 0 spiro atoms. The highest BCUT2D eigenvalue weighted by molar-refractivity contribution is 5.81. The molecule has 1 heterocycles. The van der Waals surface area contributed by atoms with Crippen molar-refractivity contribution in [3.05, 3.63) is 0 Å². The van der Waals surface area contributed by atoms with Crippen LogP contribution in [0.2, 0.25) is 0 Å². The van der Waals surface area contributed by atoms with Crippen LogP contribution >= 0.6 is 0 Å². The minimum Gasteiger partial charge on any atom is -0.383 e. The van der Waals surface area contributed by atoms with Crippen molar-refractivity contribution in [3.8, 4) is 0 Å². The maximum atomic E-state index is 12.2. The molecular weight excluding hydrogens is 270 g/mol. The number of methoxy groups -OCH3 is 1. The average Bonchev–Trinajstić information content (AvgIpc) is 2.37. The molecule has 0 saturated carbocycles. The summed E-state index contributed by atoms with van der Waals surface area (Å²) in [6, 6.07) is 0.0197. The number of carbonyl (C=O) groups excluding carboxylic acids is 2. The second kappa shape index (κ2) is 7.75. The lowest BCUT2D eigenvalue weighted by molar-refractivity contribution is -0.141. The molecule has 0 aromatic heterocycles. The van der Waals surface area contributed by atoms with Crippen molar-refractivity contribution >= 4 is 11.8 Å². The van der Waals surface area contributed by atoms with Crippen LogP contribution in [0.5, 0.6) is 0 Å². The smallest absolute Gasteiger partial charge is 0.234 e. The van der Waals surface area contributed by atoms with Crippen molar-refractivity contribution in [2.24, 2.45) is 5.41 Å². The molecule has 0 bridgehead atoms. The molecule has 122 valence electrons. The van der Waals surface area contributed by atoms with Crippen molar-refractivity contribution in [2.75, 3.05) is 46.4 Å². The van der Waals surface area contributed by atoms with Gasteiger partial charge in [-0.15, -0.1) is 0 Å². The number of hydrogen-bond acceptors (Lipinski definition) is 4. The fourth-order valence-corrected chi connectivity index (χ4v) is 2.40. The van der Waals surface area contributed by atoms with Gasteiger partial charge in [0.15, 0.2) is 0 Å². The molecule has 21 heavy (non-hydrogen) atoms. The monoisotopic (exact) mass is 299 g/mol. The van der Waals surface area contributed by atoms with E-state index >= 15 is 0 Å². The van der Waals surface area contributed by atoms with Gasteiger partial charge in [0.2, 0.25) is 11.8 Å². The van der Waals surface area contributed by atoms with E-state index in [1.165, 1.54) is 0 Å². The summed E-state index contributed by atoms with van der Waals surface area (Å²) in [7, 11) is 1.62. The molecule has 1 aliphatic heterocycles. The average molecular weight is 299 g/mol. The van der Waals surface area contributed by atoms with Crippen LogP contribution in [0, 0.1) is 5.41 Å². The molecule has 6 heteroatoms. The maximum absolute atomic E-state index is 12.2. The van der Waals surface area contributed by atoms with E-state index in [-0.39, 0.29) is 23.3 Å². The second-order valence-corrected chi connectivity index (χ2v) is 6.74. The lowest BCUT2D eigenvalue weighted by atomic mass is 9.94. The summed E-state index contributed by atoms with van der Waals surface area (Å²) < 4.78 is 4.99. The molecule has 0 aromatic carbocycles. The fraction of sp³-hybridized carbons (Fsp3) is 0.867. The Morgan fingerprint density at radius 2 is 1.76 bits per heavy atom. The van der Waals surface area contributed by atoms with Gasteiger partial charge >= 0.3 is 0 Å². The molecule has 2 amide bonds. The normalized spacial score (nSPS) is 18.4. The number of carbonyl (C=O) groups is 2. The van der Waals surface area contributed by atoms with Gasteiger partial charge in [0.25, 0.3) is 0 Å². The predicted molar refractivity (Wildman–Crippen MR) is 82.0 cm³/mol. The van der Waals surface area contributed by atoms with E-state index in [9.17, 15) is 9.59 Å². The maximum Gasteiger partial charge on any atom is 0.234 e. The highest BCUT2D eigenvalue weighted by Crippen LogP contribution is 2.18. The molecule has 1 fully saturated rings. The van der Waals surface area contributed by atoms with E-state index in [1.807, 2.05) is 32.6 Å². The second-order valence-electron chi connectivity index (χ2n) is 6.74. The van der Waals surface area contributed by atoms with E-state index in [2.05, 4.69) is 10.2 Å². The zero-order valence-electron chi connectivity index (χ0n) is 13.9. The summed E-state index contributed by atoms with van der Waals surface area (Å²) in [5, 5.41) is 2.90. The Kier molecular flexibility index (Phi) is 6.61. The number of nitrogens with zero attached hydrogens (tertiary/aromatic N) is 2. The molecule has 0 radical (unpaired) electrons. The molecule has 0 aromatic rings. The van der Waals surface area contributed by atoms with Crippen LogP contribution < -0.4 is 5.32 Å². The summed E-state index contributed by atoms with van der Waals surface area (Å²) in [5.41, 5.74) is -0.338. The third kappa shape index (κ3) is 6.01. The van der Waals surface area contributed by atoms with Gasteiger partial charge in [-0.3, -0.25) is 14.5 Å². The first-order valence-electron chi connectivity index (χ1n) is 7.54. The summed E-state index contributed by atoms with van der Waals surface area (Å²) in [6.07, 6.45) is 0. The van der Waals surface area contributed by atoms with Gasteiger partial charge in [0.05, 0.1) is 13.2 Å². The Balaban J connectivity index is 2.33. The van der Waals surface area contributed by atoms with Crippen molar-refractivity contribution < 1.29 is 14.3 Å². The Morgan fingerprint density at radius 1 is 1.19 bits per heavy atom. The van der Waals surface area contributed by atoms with Crippen LogP contribution in [0.15, 0.2) is 0 Å². The standard InChI is InChI=1S/C15H29N3O3/c1-12(11-21-5)16-13(19)10-17-6-8-18(9-7-17)14(20)15(2,3)4/h12H,6-11H2,1-5H3,(H,16,19). The molecule has 1 N–H and O–H groups in total. The van der Waals surface area contributed by atoms with Crippen molar-refractivity contribution in [2.45, 2.75) is 33.7 Å². The number of piperazine rings is 1. The molecule has 1 saturated heterocycles. The Labute approximate surface area is 127 Å². The van der Waals surface area contributed by atoms with Gasteiger partial charge in [-0.05, 0) is 6.92 Å². The molecule has 6 nitrogen and oxygen atoms in total. The van der Waals surface area contributed by atoms with Gasteiger partial charge in [0, 0.05) is 44.7 Å². The van der Waals surface area contributed by atoms with Crippen molar-refractivity contribution in [1.29, 1.82) is 0 Å². The van der Waals surface area contributed by atoms with Crippen LogP contribution in [0.25, 0.3) is 0 Å². The zero-order chi connectivity index (χ0) is 16.0. The number of hydrogen-bond donors (Lipinski definition) is 1. The van der Waals surface area contributed by atoms with Crippen LogP contribution in [0.3, 0.4) is 0 Å². The first-order valence-corrected chi connectivity index (χ1v) is 7.54. The van der Waals surface area contributed by atoms with Crippen LogP contribution in [0.1, 0.15) is 27.7 Å². The molecule has 0 aliphatic carbocycles. The highest BCUT2D eigenvalue weighted by atomic mass is 16.5. The lowest BCUT2D eigenvalue weighted by Crippen LogP contribution is -2.53. The summed E-state index contributed by atoms with van der Waals surface area (Å²) in [6.45, 7) is 11.5. The molecular formula is C15H29N3O3. The molecule has 1 unspecified atom stereocenters. The van der Waals surface area contributed by atoms with Crippen molar-refractivity contribution in [1.82, 2.24) is 15.1 Å². The van der Waals surface area contributed by atoms with Gasteiger partial charge in [-0.25, -0.2) is 0 Å². The van der Waals surface area contributed by atoms with E-state index in [4.69, 9.17) is 4.74 Å². The third-order valence-corrected chi connectivity index (χ3v) is 3.49. The SMILES string of the molecule is COCC(C)NC(=O)CN1CCN(C(=O)C(C)(C)C)CC1. The van der Waals surface area contributed by atoms with Crippen molar-refractivity contribution in [3.63, 3.8) is 0 Å². The van der Waals surface area contributed by atoms with Crippen LogP contribution in [-0.4, -0.2) is 74.1 Å². The first kappa shape index (κ1) is 17.9. The van der Waals surface area contributed by atoms with Gasteiger partial charge < -0.3 is 15.0 Å². The van der Waals surface area contributed by atoms with E-state index in [0.29, 0.717) is 26.2 Å². The Hall–Kier alpha value is -1.14. The largest absolute Gasteiger partial charge is 0.383 e. The highest BCUT2D eigenvalue weighted by Gasteiger charge is 2.30. The topological polar surface area (TPSA) is 61.9 Å². The Bertz CT molecular complexity index is 358. The number of nitrogens with one attached hydrogen (secondary N) is 1.